The van der Waals surface area contributed by atoms with E-state index < -0.39 is 5.91 Å². The van der Waals surface area contributed by atoms with Gasteiger partial charge in [-0.3, -0.25) is 24.6 Å². The Bertz CT molecular complexity index is 2580. The van der Waals surface area contributed by atoms with Gasteiger partial charge in [0.2, 0.25) is 11.8 Å². The molecule has 0 radical (unpaired) electrons. The summed E-state index contributed by atoms with van der Waals surface area (Å²) in [4.78, 5) is 63.4. The van der Waals surface area contributed by atoms with Gasteiger partial charge in [0.25, 0.3) is 0 Å². The summed E-state index contributed by atoms with van der Waals surface area (Å²) in [5, 5.41) is 13.6. The van der Waals surface area contributed by atoms with Crippen molar-refractivity contribution in [2.45, 2.75) is 89.8 Å². The second kappa shape index (κ2) is 16.2. The fourth-order valence-electron chi connectivity index (χ4n) is 8.68. The van der Waals surface area contributed by atoms with E-state index in [1.54, 1.807) is 6.33 Å². The van der Waals surface area contributed by atoms with Crippen LogP contribution in [0.4, 0.5) is 11.5 Å². The molecule has 4 N–H and O–H groups in total. The second-order valence-corrected chi connectivity index (χ2v) is 17.6. The average Bonchev–Trinajstić information content (AvgIpc) is 3.92. The molecule has 2 saturated heterocycles. The van der Waals surface area contributed by atoms with Gasteiger partial charge in [-0.25, -0.2) is 15.0 Å². The number of rotatable bonds is 10. The van der Waals surface area contributed by atoms with E-state index in [-0.39, 0.29) is 35.2 Å². The van der Waals surface area contributed by atoms with E-state index in [2.05, 4.69) is 87.2 Å². The van der Waals surface area contributed by atoms with E-state index in [0.29, 0.717) is 30.6 Å². The van der Waals surface area contributed by atoms with E-state index in [1.807, 2.05) is 65.1 Å². The highest BCUT2D eigenvalue weighted by Gasteiger charge is 2.36. The van der Waals surface area contributed by atoms with Gasteiger partial charge in [-0.05, 0) is 92.1 Å². The van der Waals surface area contributed by atoms with Crippen molar-refractivity contribution in [3.63, 3.8) is 0 Å². The van der Waals surface area contributed by atoms with E-state index in [9.17, 15) is 14.4 Å². The summed E-state index contributed by atoms with van der Waals surface area (Å²) >= 11 is 0. The van der Waals surface area contributed by atoms with Crippen LogP contribution in [0.15, 0.2) is 77.7 Å². The highest BCUT2D eigenvalue weighted by atomic mass is 16.5. The van der Waals surface area contributed by atoms with Crippen LogP contribution in [0.2, 0.25) is 0 Å². The molecule has 1 saturated carbocycles. The zero-order chi connectivity index (χ0) is 42.4. The number of hydrogen-bond acceptors (Lipinski definition) is 12. The van der Waals surface area contributed by atoms with Crippen LogP contribution in [-0.2, 0) is 15.0 Å². The third kappa shape index (κ3) is 8.34. The number of amides is 3. The number of anilines is 2. The van der Waals surface area contributed by atoms with Gasteiger partial charge in [-0.15, -0.1) is 0 Å². The number of nitrogens with zero attached hydrogens (tertiary/aromatic N) is 7. The maximum Gasteiger partial charge on any atom is 0.315 e. The lowest BCUT2D eigenvalue weighted by Crippen LogP contribution is -2.53. The van der Waals surface area contributed by atoms with Gasteiger partial charge in [0.05, 0.1) is 11.7 Å². The lowest BCUT2D eigenvalue weighted by molar-refractivity contribution is -0.133. The summed E-state index contributed by atoms with van der Waals surface area (Å²) in [6, 6.07) is 20.8. The Morgan fingerprint density at radius 3 is 2.39 bits per heavy atom. The Morgan fingerprint density at radius 1 is 0.934 bits per heavy atom. The van der Waals surface area contributed by atoms with E-state index in [1.165, 1.54) is 5.56 Å². The minimum Gasteiger partial charge on any atom is -0.374 e. The fraction of sp³-hybridized carbons (Fsp3) is 0.391. The Labute approximate surface area is 354 Å². The van der Waals surface area contributed by atoms with E-state index in [4.69, 9.17) is 9.51 Å². The van der Waals surface area contributed by atoms with Crippen molar-refractivity contribution in [2.75, 3.05) is 36.4 Å². The smallest absolute Gasteiger partial charge is 0.315 e. The van der Waals surface area contributed by atoms with Crippen molar-refractivity contribution in [3.05, 3.63) is 102 Å². The van der Waals surface area contributed by atoms with E-state index >= 15 is 0 Å². The molecule has 2 aliphatic heterocycles. The van der Waals surface area contributed by atoms with Gasteiger partial charge in [0.15, 0.2) is 5.82 Å². The van der Waals surface area contributed by atoms with Gasteiger partial charge in [-0.1, -0.05) is 50.2 Å². The third-order valence-corrected chi connectivity index (χ3v) is 12.4. The van der Waals surface area contributed by atoms with Crippen LogP contribution in [-0.4, -0.2) is 91.0 Å². The van der Waals surface area contributed by atoms with Crippen LogP contribution in [0.1, 0.15) is 98.5 Å². The summed E-state index contributed by atoms with van der Waals surface area (Å²) in [5.74, 6) is 1.08. The first-order valence-corrected chi connectivity index (χ1v) is 21.1. The molecular weight excluding hydrogens is 771 g/mol. The zero-order valence-electron chi connectivity index (χ0n) is 35.2. The Morgan fingerprint density at radius 2 is 1.70 bits per heavy atom. The first kappa shape index (κ1) is 40.0. The predicted octanol–water partition coefficient (Wildman–Crippen LogP) is 6.45. The number of imide groups is 1. The highest BCUT2D eigenvalue weighted by molar-refractivity contribution is 6.01. The summed E-state index contributed by atoms with van der Waals surface area (Å²) in [5.41, 5.74) is 8.29. The van der Waals surface area contributed by atoms with Gasteiger partial charge in [0.1, 0.15) is 23.8 Å². The van der Waals surface area contributed by atoms with Crippen molar-refractivity contribution < 1.29 is 18.9 Å². The van der Waals surface area contributed by atoms with Crippen molar-refractivity contribution in [3.8, 4) is 22.5 Å². The molecule has 15 nitrogen and oxygen atoms in total. The Balaban J connectivity index is 0.783. The van der Waals surface area contributed by atoms with Crippen LogP contribution < -0.4 is 20.9 Å². The molecule has 1 aliphatic carbocycles. The van der Waals surface area contributed by atoms with Crippen LogP contribution >= 0.6 is 0 Å². The molecule has 6 aromatic rings. The normalized spacial score (nSPS) is 20.3. The zero-order valence-corrected chi connectivity index (χ0v) is 35.2. The fourth-order valence-corrected chi connectivity index (χ4v) is 8.68. The number of piperidine rings is 1. The number of pyridine rings is 1. The quantitative estimate of drug-likeness (QED) is 0.111. The van der Waals surface area contributed by atoms with Crippen LogP contribution in [0, 0.1) is 6.92 Å². The molecule has 9 rings (SSSR count). The number of nitrogens with one attached hydrogen (secondary N) is 4. The number of H-pyrrole nitrogens is 1. The molecule has 3 fully saturated rings. The number of fused-ring (bicyclic) bond motifs is 1. The van der Waals surface area contributed by atoms with Crippen LogP contribution in [0.5, 0.6) is 0 Å². The van der Waals surface area contributed by atoms with Gasteiger partial charge >= 0.3 is 11.8 Å². The number of piperazine rings is 1. The van der Waals surface area contributed by atoms with Crippen molar-refractivity contribution in [1.29, 1.82) is 0 Å². The van der Waals surface area contributed by atoms with Crippen molar-refractivity contribution in [1.82, 2.24) is 45.6 Å². The molecule has 314 valence electrons. The largest absolute Gasteiger partial charge is 0.374 e. The minimum atomic E-state index is -0.412. The van der Waals surface area contributed by atoms with Gasteiger partial charge in [-0.2, -0.15) is 4.98 Å². The second-order valence-electron chi connectivity index (χ2n) is 17.6. The number of aromatic amines is 1. The van der Waals surface area contributed by atoms with Gasteiger partial charge in [0, 0.05) is 78.1 Å². The molecule has 0 bridgehead atoms. The molecule has 4 aromatic heterocycles. The summed E-state index contributed by atoms with van der Waals surface area (Å²) in [6.45, 7) is 13.7. The molecule has 3 aliphatic rings. The van der Waals surface area contributed by atoms with Gasteiger partial charge < -0.3 is 25.0 Å². The lowest BCUT2D eigenvalue weighted by atomic mass is 9.75. The lowest BCUT2D eigenvalue weighted by Gasteiger charge is -2.47. The first-order valence-electron chi connectivity index (χ1n) is 21.1. The molecule has 0 unspecified atom stereocenters. The van der Waals surface area contributed by atoms with Crippen LogP contribution in [0.25, 0.3) is 33.5 Å². The van der Waals surface area contributed by atoms with E-state index in [0.717, 1.165) is 95.2 Å². The maximum atomic E-state index is 12.9. The number of carbonyl (C=O) groups excluding carboxylic acids is 3. The SMILES string of the molecule is Cc1cc(-c2ncnc3[nH]c(-c4ccc(N5CCN(C6CC(c7ccc(N[C@@H]8CCC(=O)NC8=O)cc7)C6)CC5)nc4)cc23)ccc1[C@@H](C)NC(=O)c1nc(C(C)(C)C)no1. The summed E-state index contributed by atoms with van der Waals surface area (Å²) in [7, 11) is 0. The number of benzene rings is 2. The molecule has 6 heterocycles. The standard InChI is InChI=1S/C46H51N11O4/c1-26-20-29(8-12-34(26)27(2)50-43(60)44-54-45(55-61-44)46(3,4)5)40-35-23-37(52-41(35)49-25-48-40)30-9-14-38(47-24-30)57-18-16-56(17-19-57)33-21-31(22-33)28-6-10-32(11-7-28)51-36-13-15-39(58)53-42(36)59/h6-12,14,20,23-25,27,31,33,36,51H,13,15-19,21-22H2,1-5H3,(H,50,60)(H,48,49,52)(H,53,58,59)/t27-,31?,33?,36-/m1/s1. The molecule has 2 atom stereocenters. The molecule has 3 amide bonds. The molecular formula is C46H51N11O4. The van der Waals surface area contributed by atoms with Crippen molar-refractivity contribution in [2.24, 2.45) is 0 Å². The monoisotopic (exact) mass is 821 g/mol. The van der Waals surface area contributed by atoms with Crippen molar-refractivity contribution >= 4 is 40.3 Å². The highest BCUT2D eigenvalue weighted by Crippen LogP contribution is 2.41. The molecule has 61 heavy (non-hydrogen) atoms. The van der Waals surface area contributed by atoms with Crippen LogP contribution in [0.3, 0.4) is 0 Å². The number of aryl methyl sites for hydroxylation is 1. The molecule has 0 spiro atoms. The molecule has 15 heteroatoms. The maximum absolute atomic E-state index is 12.9. The number of hydrogen-bond donors (Lipinski definition) is 4. The minimum absolute atomic E-state index is 0.0508. The topological polar surface area (TPSA) is 187 Å². The Kier molecular flexibility index (Phi) is 10.6. The number of aromatic nitrogens is 6. The third-order valence-electron chi connectivity index (χ3n) is 12.4. The summed E-state index contributed by atoms with van der Waals surface area (Å²) in [6.07, 6.45) is 6.68. The first-order chi connectivity index (χ1) is 29.4. The predicted molar refractivity (Wildman–Crippen MR) is 232 cm³/mol. The molecule has 2 aromatic carbocycles. The Hall–Kier alpha value is -6.48. The summed E-state index contributed by atoms with van der Waals surface area (Å²) < 4.78 is 5.24. The number of carbonyl (C=O) groups is 3. The average molecular weight is 822 g/mol.